The van der Waals surface area contributed by atoms with Gasteiger partial charge in [0.1, 0.15) is 4.34 Å². The van der Waals surface area contributed by atoms with Crippen LogP contribution < -0.4 is 0 Å². The first-order valence-corrected chi connectivity index (χ1v) is 6.70. The quantitative estimate of drug-likeness (QED) is 0.798. The topological polar surface area (TPSA) is 52.3 Å². The van der Waals surface area contributed by atoms with Gasteiger partial charge in [-0.25, -0.2) is 9.78 Å². The number of ether oxygens (including phenoxy) is 1. The van der Waals surface area contributed by atoms with Crippen molar-refractivity contribution in [2.75, 3.05) is 6.61 Å². The van der Waals surface area contributed by atoms with Crippen molar-refractivity contribution in [3.63, 3.8) is 0 Å². The summed E-state index contributed by atoms with van der Waals surface area (Å²) in [6.07, 6.45) is 0. The molecule has 0 aliphatic rings. The minimum Gasteiger partial charge on any atom is -0.460 e. The highest BCUT2D eigenvalue weighted by Crippen LogP contribution is 2.38. The number of hydrogen-bond acceptors (Lipinski definition) is 5. The van der Waals surface area contributed by atoms with E-state index in [-0.39, 0.29) is 18.3 Å². The molecule has 0 saturated heterocycles. The molecule has 4 nitrogen and oxygen atoms in total. The van der Waals surface area contributed by atoms with Gasteiger partial charge in [-0.15, -0.1) is 11.3 Å². The molecule has 0 spiro atoms. The molecule has 0 N–H and O–H groups in total. The van der Waals surface area contributed by atoms with Gasteiger partial charge in [0.05, 0.1) is 22.2 Å². The molecule has 0 radical (unpaired) electrons. The smallest absolute Gasteiger partial charge is 0.376 e. The first-order valence-electron chi connectivity index (χ1n) is 5.12. The van der Waals surface area contributed by atoms with E-state index in [9.17, 15) is 4.79 Å². The van der Waals surface area contributed by atoms with Crippen molar-refractivity contribution in [1.82, 2.24) is 4.98 Å². The fourth-order valence-corrected chi connectivity index (χ4v) is 2.83. The van der Waals surface area contributed by atoms with Gasteiger partial charge in [-0.3, -0.25) is 0 Å². The van der Waals surface area contributed by atoms with E-state index in [1.807, 2.05) is 0 Å². The van der Waals surface area contributed by atoms with Crippen LogP contribution in [0, 0.1) is 6.92 Å². The van der Waals surface area contributed by atoms with Gasteiger partial charge in [0, 0.05) is 0 Å². The molecule has 0 unspecified atom stereocenters. The lowest BCUT2D eigenvalue weighted by Crippen LogP contribution is -2.04. The third-order valence-electron chi connectivity index (χ3n) is 2.14. The molecule has 0 aromatic carbocycles. The van der Waals surface area contributed by atoms with Crippen molar-refractivity contribution in [3.8, 4) is 11.5 Å². The zero-order valence-electron chi connectivity index (χ0n) is 9.62. The molecular formula is C11H9Cl2NO3S. The standard InChI is InChI=1S/C11H9Cl2NO3S/c1-3-16-11(15)8-5(2)14-10(17-8)6-4-7(12)18-9(6)13/h4H,3H2,1-2H3. The van der Waals surface area contributed by atoms with E-state index < -0.39 is 5.97 Å². The van der Waals surface area contributed by atoms with Crippen LogP contribution in [-0.4, -0.2) is 17.6 Å². The van der Waals surface area contributed by atoms with E-state index in [1.165, 1.54) is 11.3 Å². The minimum atomic E-state index is -0.536. The number of carbonyl (C=O) groups is 1. The summed E-state index contributed by atoms with van der Waals surface area (Å²) in [5, 5.41) is 0. The second-order valence-electron chi connectivity index (χ2n) is 3.39. The van der Waals surface area contributed by atoms with E-state index in [2.05, 4.69) is 4.98 Å². The zero-order chi connectivity index (χ0) is 13.3. The molecule has 0 aliphatic carbocycles. The van der Waals surface area contributed by atoms with Crippen LogP contribution >= 0.6 is 34.5 Å². The number of aromatic nitrogens is 1. The highest BCUT2D eigenvalue weighted by atomic mass is 35.5. The van der Waals surface area contributed by atoms with Crippen molar-refractivity contribution in [1.29, 1.82) is 0 Å². The summed E-state index contributed by atoms with van der Waals surface area (Å²) in [5.41, 5.74) is 1.03. The monoisotopic (exact) mass is 305 g/mol. The number of aryl methyl sites for hydroxylation is 1. The zero-order valence-corrected chi connectivity index (χ0v) is 11.9. The number of halogens is 2. The lowest BCUT2D eigenvalue weighted by atomic mass is 10.3. The van der Waals surface area contributed by atoms with Crippen molar-refractivity contribution in [3.05, 3.63) is 26.2 Å². The van der Waals surface area contributed by atoms with E-state index >= 15 is 0 Å². The lowest BCUT2D eigenvalue weighted by molar-refractivity contribution is 0.0490. The Morgan fingerprint density at radius 1 is 1.56 bits per heavy atom. The second-order valence-corrected chi connectivity index (χ2v) is 5.68. The Morgan fingerprint density at radius 3 is 2.83 bits per heavy atom. The molecule has 2 rings (SSSR count). The maximum Gasteiger partial charge on any atom is 0.376 e. The number of thiophene rings is 1. The van der Waals surface area contributed by atoms with Crippen LogP contribution in [0.2, 0.25) is 8.67 Å². The molecule has 0 amide bonds. The highest BCUT2D eigenvalue weighted by Gasteiger charge is 2.21. The lowest BCUT2D eigenvalue weighted by Gasteiger charge is -1.97. The van der Waals surface area contributed by atoms with Gasteiger partial charge >= 0.3 is 5.97 Å². The van der Waals surface area contributed by atoms with Crippen LogP contribution in [-0.2, 0) is 4.74 Å². The van der Waals surface area contributed by atoms with Crippen molar-refractivity contribution in [2.45, 2.75) is 13.8 Å². The van der Waals surface area contributed by atoms with Crippen LogP contribution in [0.15, 0.2) is 10.5 Å². The van der Waals surface area contributed by atoms with Gasteiger partial charge in [-0.05, 0) is 19.9 Å². The van der Waals surface area contributed by atoms with E-state index in [0.29, 0.717) is 19.9 Å². The Kier molecular flexibility index (Phi) is 3.94. The Labute approximate surface area is 117 Å². The van der Waals surface area contributed by atoms with Crippen LogP contribution in [0.4, 0.5) is 0 Å². The SMILES string of the molecule is CCOC(=O)c1oc(-c2cc(Cl)sc2Cl)nc1C. The number of esters is 1. The van der Waals surface area contributed by atoms with Crippen LogP contribution in [0.1, 0.15) is 23.2 Å². The summed E-state index contributed by atoms with van der Waals surface area (Å²) in [7, 11) is 0. The normalized spacial score (nSPS) is 10.7. The van der Waals surface area contributed by atoms with E-state index in [4.69, 9.17) is 32.4 Å². The summed E-state index contributed by atoms with van der Waals surface area (Å²) in [6, 6.07) is 1.65. The van der Waals surface area contributed by atoms with Gasteiger partial charge in [-0.2, -0.15) is 0 Å². The van der Waals surface area contributed by atoms with Crippen LogP contribution in [0.25, 0.3) is 11.5 Å². The summed E-state index contributed by atoms with van der Waals surface area (Å²) in [5.74, 6) is -0.180. The first-order chi connectivity index (χ1) is 8.52. The van der Waals surface area contributed by atoms with Crippen molar-refractivity contribution >= 4 is 40.5 Å². The second kappa shape index (κ2) is 5.30. The Hall–Kier alpha value is -1.04. The molecule has 2 heterocycles. The fraction of sp³-hybridized carbons (Fsp3) is 0.273. The van der Waals surface area contributed by atoms with Crippen molar-refractivity contribution in [2.24, 2.45) is 0 Å². The number of oxazole rings is 1. The number of carbonyl (C=O) groups excluding carboxylic acids is 1. The molecule has 96 valence electrons. The average molecular weight is 306 g/mol. The van der Waals surface area contributed by atoms with Gasteiger partial charge in [0.25, 0.3) is 0 Å². The third-order valence-corrected chi connectivity index (χ3v) is 3.63. The molecular weight excluding hydrogens is 297 g/mol. The third kappa shape index (κ3) is 2.53. The number of rotatable bonds is 3. The van der Waals surface area contributed by atoms with Gasteiger partial charge in [0.2, 0.25) is 11.7 Å². The molecule has 2 aromatic heterocycles. The van der Waals surface area contributed by atoms with Crippen molar-refractivity contribution < 1.29 is 13.9 Å². The first kappa shape index (κ1) is 13.4. The molecule has 2 aromatic rings. The molecule has 7 heteroatoms. The molecule has 0 atom stereocenters. The maximum atomic E-state index is 11.6. The van der Waals surface area contributed by atoms with Gasteiger partial charge < -0.3 is 9.15 Å². The summed E-state index contributed by atoms with van der Waals surface area (Å²) >= 11 is 13.1. The molecule has 0 fully saturated rings. The predicted octanol–water partition coefficient (Wildman–Crippen LogP) is 4.20. The fourth-order valence-electron chi connectivity index (χ4n) is 1.38. The Bertz CT molecular complexity index is 591. The number of hydrogen-bond donors (Lipinski definition) is 0. The predicted molar refractivity (Wildman–Crippen MR) is 70.5 cm³/mol. The number of nitrogens with zero attached hydrogens (tertiary/aromatic N) is 1. The Balaban J connectivity index is 2.40. The maximum absolute atomic E-state index is 11.6. The summed E-state index contributed by atoms with van der Waals surface area (Å²) < 4.78 is 11.3. The summed E-state index contributed by atoms with van der Waals surface area (Å²) in [4.78, 5) is 15.7. The van der Waals surface area contributed by atoms with Gasteiger partial charge in [-0.1, -0.05) is 23.2 Å². The van der Waals surface area contributed by atoms with Gasteiger partial charge in [0.15, 0.2) is 0 Å². The highest BCUT2D eigenvalue weighted by molar-refractivity contribution is 7.20. The Morgan fingerprint density at radius 2 is 2.28 bits per heavy atom. The van der Waals surface area contributed by atoms with E-state index in [0.717, 1.165) is 0 Å². The molecule has 0 saturated carbocycles. The van der Waals surface area contributed by atoms with Crippen LogP contribution in [0.5, 0.6) is 0 Å². The largest absolute Gasteiger partial charge is 0.460 e. The molecule has 18 heavy (non-hydrogen) atoms. The van der Waals surface area contributed by atoms with E-state index in [1.54, 1.807) is 19.9 Å². The molecule has 0 aliphatic heterocycles. The molecule has 0 bridgehead atoms. The summed E-state index contributed by atoms with van der Waals surface area (Å²) in [6.45, 7) is 3.67. The minimum absolute atomic E-state index is 0.0882. The van der Waals surface area contributed by atoms with Crippen LogP contribution in [0.3, 0.4) is 0 Å². The average Bonchev–Trinajstić information content (AvgIpc) is 2.82.